The molecule has 0 radical (unpaired) electrons. The lowest BCUT2D eigenvalue weighted by molar-refractivity contribution is 0.524. The standard InChI is InChI=1S/C17H25N3O/c1-5-16(18-6-2)17-8-7-15(11-19-17)20(4)12-14-9-10-21-13(14)3/h7-11,16,18H,5-6,12H2,1-4H3. The second-order valence-corrected chi connectivity index (χ2v) is 5.32. The third-order valence-corrected chi connectivity index (χ3v) is 3.80. The summed E-state index contributed by atoms with van der Waals surface area (Å²) in [6.45, 7) is 8.08. The first-order chi connectivity index (χ1) is 10.2. The van der Waals surface area contributed by atoms with Crippen molar-refractivity contribution in [2.24, 2.45) is 0 Å². The van der Waals surface area contributed by atoms with E-state index in [1.807, 2.05) is 19.2 Å². The minimum absolute atomic E-state index is 0.338. The number of rotatable bonds is 7. The lowest BCUT2D eigenvalue weighted by atomic mass is 10.1. The largest absolute Gasteiger partial charge is 0.469 e. The van der Waals surface area contributed by atoms with Crippen LogP contribution >= 0.6 is 0 Å². The predicted molar refractivity (Wildman–Crippen MR) is 86.5 cm³/mol. The Morgan fingerprint density at radius 3 is 2.62 bits per heavy atom. The molecule has 0 fully saturated rings. The van der Waals surface area contributed by atoms with Crippen LogP contribution in [0.3, 0.4) is 0 Å². The van der Waals surface area contributed by atoms with Gasteiger partial charge in [0.2, 0.25) is 0 Å². The highest BCUT2D eigenvalue weighted by Crippen LogP contribution is 2.20. The molecule has 2 heterocycles. The number of aryl methyl sites for hydroxylation is 1. The van der Waals surface area contributed by atoms with Crippen molar-refractivity contribution in [3.63, 3.8) is 0 Å². The summed E-state index contributed by atoms with van der Waals surface area (Å²) in [7, 11) is 2.07. The van der Waals surface area contributed by atoms with E-state index in [9.17, 15) is 0 Å². The Balaban J connectivity index is 2.06. The van der Waals surface area contributed by atoms with Crippen LogP contribution in [-0.2, 0) is 6.54 Å². The molecule has 0 saturated carbocycles. The fraction of sp³-hybridized carbons (Fsp3) is 0.471. The SMILES string of the molecule is CCNC(CC)c1ccc(N(C)Cc2ccoc2C)cn1. The van der Waals surface area contributed by atoms with Gasteiger partial charge in [-0.3, -0.25) is 4.98 Å². The number of hydrogen-bond donors (Lipinski definition) is 1. The molecule has 4 heteroatoms. The summed E-state index contributed by atoms with van der Waals surface area (Å²) in [6.07, 6.45) is 4.73. The highest BCUT2D eigenvalue weighted by atomic mass is 16.3. The van der Waals surface area contributed by atoms with Crippen LogP contribution in [0.1, 0.15) is 43.3 Å². The molecule has 0 saturated heterocycles. The lowest BCUT2D eigenvalue weighted by Gasteiger charge is -2.20. The third kappa shape index (κ3) is 3.85. The molecule has 2 aromatic rings. The van der Waals surface area contributed by atoms with Crippen LogP contribution in [0.15, 0.2) is 35.1 Å². The number of nitrogens with zero attached hydrogens (tertiary/aromatic N) is 2. The molecule has 1 N–H and O–H groups in total. The van der Waals surface area contributed by atoms with E-state index in [2.05, 4.69) is 48.2 Å². The van der Waals surface area contributed by atoms with Crippen molar-refractivity contribution in [2.45, 2.75) is 39.8 Å². The number of pyridine rings is 1. The van der Waals surface area contributed by atoms with Gasteiger partial charge in [0, 0.05) is 25.2 Å². The second-order valence-electron chi connectivity index (χ2n) is 5.32. The summed E-state index contributed by atoms with van der Waals surface area (Å²) in [5.74, 6) is 0.977. The first-order valence-corrected chi connectivity index (χ1v) is 7.59. The Morgan fingerprint density at radius 2 is 2.10 bits per heavy atom. The first-order valence-electron chi connectivity index (χ1n) is 7.59. The van der Waals surface area contributed by atoms with Crippen molar-refractivity contribution >= 4 is 5.69 Å². The molecule has 1 unspecified atom stereocenters. The molecule has 21 heavy (non-hydrogen) atoms. The van der Waals surface area contributed by atoms with Gasteiger partial charge in [-0.1, -0.05) is 13.8 Å². The van der Waals surface area contributed by atoms with Crippen LogP contribution in [0.4, 0.5) is 5.69 Å². The molecule has 0 aliphatic carbocycles. The van der Waals surface area contributed by atoms with Crippen molar-refractivity contribution in [3.8, 4) is 0 Å². The van der Waals surface area contributed by atoms with E-state index < -0.39 is 0 Å². The third-order valence-electron chi connectivity index (χ3n) is 3.80. The summed E-state index contributed by atoms with van der Waals surface area (Å²) in [4.78, 5) is 6.80. The molecule has 0 spiro atoms. The van der Waals surface area contributed by atoms with Gasteiger partial charge in [-0.25, -0.2) is 0 Å². The number of anilines is 1. The van der Waals surface area contributed by atoms with Crippen LogP contribution in [-0.4, -0.2) is 18.6 Å². The van der Waals surface area contributed by atoms with E-state index in [0.29, 0.717) is 6.04 Å². The highest BCUT2D eigenvalue weighted by molar-refractivity contribution is 5.44. The first kappa shape index (κ1) is 15.6. The maximum Gasteiger partial charge on any atom is 0.105 e. The van der Waals surface area contributed by atoms with Crippen LogP contribution in [0.25, 0.3) is 0 Å². The summed E-state index contributed by atoms with van der Waals surface area (Å²) in [6, 6.07) is 6.61. The summed E-state index contributed by atoms with van der Waals surface area (Å²) >= 11 is 0. The summed E-state index contributed by atoms with van der Waals surface area (Å²) < 4.78 is 5.34. The molecule has 1 atom stereocenters. The van der Waals surface area contributed by atoms with Gasteiger partial charge in [-0.15, -0.1) is 0 Å². The minimum atomic E-state index is 0.338. The number of hydrogen-bond acceptors (Lipinski definition) is 4. The van der Waals surface area contributed by atoms with Crippen molar-refractivity contribution in [2.75, 3.05) is 18.5 Å². The fourth-order valence-electron chi connectivity index (χ4n) is 2.46. The minimum Gasteiger partial charge on any atom is -0.469 e. The Morgan fingerprint density at radius 1 is 1.29 bits per heavy atom. The van der Waals surface area contributed by atoms with Gasteiger partial charge in [-0.2, -0.15) is 0 Å². The smallest absolute Gasteiger partial charge is 0.105 e. The van der Waals surface area contributed by atoms with E-state index in [-0.39, 0.29) is 0 Å². The molecule has 114 valence electrons. The van der Waals surface area contributed by atoms with Gasteiger partial charge in [0.25, 0.3) is 0 Å². The molecule has 0 amide bonds. The van der Waals surface area contributed by atoms with Crippen molar-refractivity contribution in [3.05, 3.63) is 47.7 Å². The molecule has 0 bridgehead atoms. The van der Waals surface area contributed by atoms with E-state index in [0.717, 1.165) is 36.7 Å². The van der Waals surface area contributed by atoms with Gasteiger partial charge >= 0.3 is 0 Å². The fourth-order valence-corrected chi connectivity index (χ4v) is 2.46. The average molecular weight is 287 g/mol. The van der Waals surface area contributed by atoms with Crippen molar-refractivity contribution in [1.82, 2.24) is 10.3 Å². The van der Waals surface area contributed by atoms with Gasteiger partial charge in [0.1, 0.15) is 5.76 Å². The van der Waals surface area contributed by atoms with E-state index in [1.54, 1.807) is 6.26 Å². The Labute approximate surface area is 127 Å². The summed E-state index contributed by atoms with van der Waals surface area (Å²) in [5, 5.41) is 3.45. The number of furan rings is 1. The van der Waals surface area contributed by atoms with E-state index >= 15 is 0 Å². The van der Waals surface area contributed by atoms with Crippen LogP contribution in [0, 0.1) is 6.92 Å². The van der Waals surface area contributed by atoms with Crippen LogP contribution in [0.5, 0.6) is 0 Å². The van der Waals surface area contributed by atoms with Gasteiger partial charge < -0.3 is 14.6 Å². The topological polar surface area (TPSA) is 41.3 Å². The van der Waals surface area contributed by atoms with Gasteiger partial charge in [0.05, 0.1) is 23.8 Å². The maximum absolute atomic E-state index is 5.34. The van der Waals surface area contributed by atoms with Crippen LogP contribution < -0.4 is 10.2 Å². The van der Waals surface area contributed by atoms with Crippen LogP contribution in [0.2, 0.25) is 0 Å². The normalized spacial score (nSPS) is 12.4. The predicted octanol–water partition coefficient (Wildman–Crippen LogP) is 3.68. The number of aromatic nitrogens is 1. The molecule has 2 aromatic heterocycles. The second kappa shape index (κ2) is 7.27. The van der Waals surface area contributed by atoms with Gasteiger partial charge in [0.15, 0.2) is 0 Å². The Bertz CT molecular complexity index is 547. The van der Waals surface area contributed by atoms with E-state index in [4.69, 9.17) is 4.42 Å². The molecular weight excluding hydrogens is 262 g/mol. The molecular formula is C17H25N3O. The Hall–Kier alpha value is -1.81. The quantitative estimate of drug-likeness (QED) is 0.843. The summed E-state index contributed by atoms with van der Waals surface area (Å²) in [5.41, 5.74) is 3.43. The molecule has 0 aliphatic heterocycles. The molecule has 0 aromatic carbocycles. The molecule has 0 aliphatic rings. The zero-order valence-electron chi connectivity index (χ0n) is 13.4. The zero-order chi connectivity index (χ0) is 15.2. The Kier molecular flexibility index (Phi) is 5.39. The highest BCUT2D eigenvalue weighted by Gasteiger charge is 2.11. The monoisotopic (exact) mass is 287 g/mol. The lowest BCUT2D eigenvalue weighted by Crippen LogP contribution is -2.21. The van der Waals surface area contributed by atoms with E-state index in [1.165, 1.54) is 5.56 Å². The zero-order valence-corrected chi connectivity index (χ0v) is 13.4. The van der Waals surface area contributed by atoms with Crippen molar-refractivity contribution in [1.29, 1.82) is 0 Å². The van der Waals surface area contributed by atoms with Gasteiger partial charge in [-0.05, 0) is 38.1 Å². The van der Waals surface area contributed by atoms with Crippen molar-refractivity contribution < 1.29 is 4.42 Å². The maximum atomic E-state index is 5.34. The average Bonchev–Trinajstić information content (AvgIpc) is 2.90. The number of nitrogens with one attached hydrogen (secondary N) is 1. The molecule has 2 rings (SSSR count). The molecule has 4 nitrogen and oxygen atoms in total.